The first kappa shape index (κ1) is 34.2. The van der Waals surface area contributed by atoms with E-state index in [0.29, 0.717) is 0 Å². The lowest BCUT2D eigenvalue weighted by atomic mass is 11.6. The minimum absolute atomic E-state index is 0. The van der Waals surface area contributed by atoms with Crippen molar-refractivity contribution in [2.75, 3.05) is 35.2 Å². The average Bonchev–Trinajstić information content (AvgIpc) is 2.53. The molecule has 0 aromatic heterocycles. The fraction of sp³-hybridized carbons (Fsp3) is 1.00. The molecule has 2 N–H and O–H groups in total. The van der Waals surface area contributed by atoms with E-state index in [1.807, 2.05) is 7.05 Å². The summed E-state index contributed by atoms with van der Waals surface area (Å²) in [5.41, 5.74) is 0. The first-order valence-electron chi connectivity index (χ1n) is 9.05. The molecular weight excluding hydrogens is 457 g/mol. The van der Waals surface area contributed by atoms with Crippen molar-refractivity contribution >= 4 is 88.9 Å². The lowest BCUT2D eigenvalue weighted by Gasteiger charge is -2.27. The fourth-order valence-electron chi connectivity index (χ4n) is 1.25. The van der Waals surface area contributed by atoms with Crippen LogP contribution in [0.25, 0.3) is 0 Å². The van der Waals surface area contributed by atoms with Crippen molar-refractivity contribution in [3.63, 3.8) is 0 Å². The molecule has 0 fully saturated rings. The van der Waals surface area contributed by atoms with Crippen LogP contribution >= 0.6 is 0 Å². The Morgan fingerprint density at radius 2 is 1.24 bits per heavy atom. The predicted octanol–water partition coefficient (Wildman–Crippen LogP) is -7.30. The molecule has 0 aliphatic carbocycles. The lowest BCUT2D eigenvalue weighted by Crippen LogP contribution is -2.55. The summed E-state index contributed by atoms with van der Waals surface area (Å²) in [5, 5.41) is 0. The van der Waals surface area contributed by atoms with Gasteiger partial charge in [-0.1, -0.05) is 13.1 Å². The minimum atomic E-state index is -0.753. The second-order valence-corrected chi connectivity index (χ2v) is 27.7. The first-order chi connectivity index (χ1) is 10.9. The zero-order valence-corrected chi connectivity index (χ0v) is 31.2. The molecule has 25 heavy (non-hydrogen) atoms. The molecule has 0 spiro atoms. The Kier molecular flexibility index (Phi) is 30.1. The molecule has 15 heteroatoms. The smallest absolute Gasteiger partial charge is 0.175 e. The maximum atomic E-state index is 3.66. The lowest BCUT2D eigenvalue weighted by molar-refractivity contribution is 0.703. The SMILES string of the molecule is CN[SiH](C)N[SiH](C)N(C)[SiH3].C[SiH2]N(C)[SiH3].C[SiH2]N(C)[SiH](C)N(C)[SiH3].[SiH4]. The standard InChI is InChI=1S/C4H19N3Si3.C4H18N2Si3.C2H11NSi2.H4Si/c1-5-9(3)6-10(4)7(2)8;1-5(7)9(4)6(2)8-3;1-3(4)5-2;/h5-6,9-10H,1-4,8H3;9H,8H2,1-4,7H3;5H2,1-2,4H3;1H4. The zero-order valence-electron chi connectivity index (χ0n) is 18.9. The summed E-state index contributed by atoms with van der Waals surface area (Å²) in [6, 6.07) is 0. The van der Waals surface area contributed by atoms with Gasteiger partial charge in [0.05, 0.1) is 50.6 Å². The van der Waals surface area contributed by atoms with Crippen LogP contribution in [0.5, 0.6) is 0 Å². The summed E-state index contributed by atoms with van der Waals surface area (Å²) in [7, 11) is 12.9. The van der Waals surface area contributed by atoms with Gasteiger partial charge in [0, 0.05) is 0 Å². The maximum Gasteiger partial charge on any atom is 0.175 e. The Labute approximate surface area is 182 Å². The molecule has 0 aliphatic rings. The summed E-state index contributed by atoms with van der Waals surface area (Å²) in [5.74, 6) is 0. The van der Waals surface area contributed by atoms with E-state index in [4.69, 9.17) is 0 Å². The van der Waals surface area contributed by atoms with Gasteiger partial charge in [-0.15, -0.1) is 0 Å². The van der Waals surface area contributed by atoms with E-state index in [0.717, 1.165) is 0 Å². The number of nitrogens with zero attached hydrogens (tertiary/aromatic N) is 4. The second kappa shape index (κ2) is 22.0. The highest BCUT2D eigenvalue weighted by molar-refractivity contribution is 6.71. The Hall–Kier alpha value is 1.71. The van der Waals surface area contributed by atoms with Crippen molar-refractivity contribution in [3.8, 4) is 0 Å². The largest absolute Gasteiger partial charge is 0.360 e. The third kappa shape index (κ3) is 25.7. The molecule has 0 saturated heterocycles. The highest BCUT2D eigenvalue weighted by Gasteiger charge is 2.10. The molecule has 3 atom stereocenters. The van der Waals surface area contributed by atoms with Gasteiger partial charge >= 0.3 is 0 Å². The van der Waals surface area contributed by atoms with E-state index in [-0.39, 0.29) is 30.3 Å². The number of hydrogen-bond acceptors (Lipinski definition) is 6. The van der Waals surface area contributed by atoms with E-state index in [9.17, 15) is 0 Å². The molecule has 0 aliphatic heterocycles. The van der Waals surface area contributed by atoms with Gasteiger partial charge in [0.2, 0.25) is 0 Å². The topological polar surface area (TPSA) is 37.0 Å². The van der Waals surface area contributed by atoms with Crippen LogP contribution in [0.15, 0.2) is 0 Å². The quantitative estimate of drug-likeness (QED) is 0.317. The molecule has 0 aromatic rings. The summed E-state index contributed by atoms with van der Waals surface area (Å²) in [6.07, 6.45) is 0. The van der Waals surface area contributed by atoms with Crippen molar-refractivity contribution in [3.05, 3.63) is 0 Å². The Balaban J connectivity index is -0.000000136. The van der Waals surface area contributed by atoms with Crippen LogP contribution in [0.1, 0.15) is 0 Å². The van der Waals surface area contributed by atoms with E-state index in [1.165, 1.54) is 31.2 Å². The van der Waals surface area contributed by atoms with E-state index >= 15 is 0 Å². The molecule has 0 radical (unpaired) electrons. The number of nitrogens with one attached hydrogen (secondary N) is 2. The highest BCUT2D eigenvalue weighted by Crippen LogP contribution is 1.89. The molecule has 6 nitrogen and oxygen atoms in total. The molecular formula is C10H52N6Si9. The molecule has 0 rings (SSSR count). The van der Waals surface area contributed by atoms with E-state index in [1.54, 1.807) is 0 Å². The fourth-order valence-corrected chi connectivity index (χ4v) is 13.4. The van der Waals surface area contributed by atoms with Gasteiger partial charge in [-0.05, 0) is 65.8 Å². The summed E-state index contributed by atoms with van der Waals surface area (Å²) in [6.45, 7) is 11.7. The average molecular weight is 509 g/mol. The third-order valence-electron chi connectivity index (χ3n) is 4.22. The van der Waals surface area contributed by atoms with Crippen LogP contribution < -0.4 is 9.63 Å². The van der Waals surface area contributed by atoms with Crippen molar-refractivity contribution in [2.24, 2.45) is 0 Å². The van der Waals surface area contributed by atoms with Gasteiger partial charge in [-0.3, -0.25) is 0 Å². The molecule has 3 unspecified atom stereocenters. The van der Waals surface area contributed by atoms with Gasteiger partial charge in [-0.2, -0.15) is 0 Å². The summed E-state index contributed by atoms with van der Waals surface area (Å²) >= 11 is 0. The highest BCUT2D eigenvalue weighted by atomic mass is 28.4. The van der Waals surface area contributed by atoms with Crippen LogP contribution in [0.3, 0.4) is 0 Å². The van der Waals surface area contributed by atoms with Crippen LogP contribution in [0.4, 0.5) is 0 Å². The zero-order chi connectivity index (χ0) is 19.9. The first-order valence-corrected chi connectivity index (χ1v) is 22.6. The maximum absolute atomic E-state index is 3.66. The Bertz CT molecular complexity index is 265. The van der Waals surface area contributed by atoms with E-state index in [2.05, 4.69) is 87.5 Å². The predicted molar refractivity (Wildman–Crippen MR) is 152 cm³/mol. The monoisotopic (exact) mass is 508 g/mol. The molecule has 0 saturated carbocycles. The molecule has 0 heterocycles. The van der Waals surface area contributed by atoms with E-state index < -0.39 is 27.4 Å². The van der Waals surface area contributed by atoms with Gasteiger partial charge in [0.15, 0.2) is 27.4 Å². The summed E-state index contributed by atoms with van der Waals surface area (Å²) < 4.78 is 13.6. The Morgan fingerprint density at radius 3 is 1.40 bits per heavy atom. The second-order valence-electron chi connectivity index (χ2n) is 6.88. The van der Waals surface area contributed by atoms with Crippen molar-refractivity contribution in [2.45, 2.75) is 32.7 Å². The van der Waals surface area contributed by atoms with Crippen molar-refractivity contribution in [1.82, 2.24) is 26.6 Å². The van der Waals surface area contributed by atoms with Crippen LogP contribution in [0, 0.1) is 0 Å². The van der Waals surface area contributed by atoms with Crippen LogP contribution in [-0.4, -0.2) is 141 Å². The number of hydrogen-bond donors (Lipinski definition) is 2. The number of rotatable bonds is 8. The van der Waals surface area contributed by atoms with Crippen LogP contribution in [-0.2, 0) is 0 Å². The van der Waals surface area contributed by atoms with Gasteiger partial charge in [-0.25, -0.2) is 0 Å². The van der Waals surface area contributed by atoms with Gasteiger partial charge in [0.1, 0.15) is 0 Å². The van der Waals surface area contributed by atoms with Crippen LogP contribution in [0.2, 0.25) is 32.7 Å². The van der Waals surface area contributed by atoms with Crippen molar-refractivity contribution in [1.29, 1.82) is 0 Å². The summed E-state index contributed by atoms with van der Waals surface area (Å²) in [4.78, 5) is 3.30. The third-order valence-corrected chi connectivity index (χ3v) is 24.7. The normalized spacial score (nSPS) is 15.6. The molecule has 158 valence electrons. The van der Waals surface area contributed by atoms with Gasteiger partial charge < -0.3 is 26.6 Å². The minimum Gasteiger partial charge on any atom is -0.360 e. The van der Waals surface area contributed by atoms with Crippen molar-refractivity contribution < 1.29 is 0 Å². The Morgan fingerprint density at radius 1 is 0.840 bits per heavy atom. The molecule has 0 aromatic carbocycles. The molecule has 0 amide bonds. The van der Waals surface area contributed by atoms with Gasteiger partial charge in [0.25, 0.3) is 0 Å². The molecule has 0 bridgehead atoms.